The molecule has 0 unspecified atom stereocenters. The van der Waals surface area contributed by atoms with E-state index in [0.29, 0.717) is 0 Å². The number of rotatable bonds is 5. The van der Waals surface area contributed by atoms with Gasteiger partial charge in [0, 0.05) is 44.7 Å². The fourth-order valence-corrected chi connectivity index (χ4v) is 6.53. The van der Waals surface area contributed by atoms with Crippen LogP contribution in [0.15, 0.2) is 134 Å². The lowest BCUT2D eigenvalue weighted by molar-refractivity contribution is 1.04. The van der Waals surface area contributed by atoms with Crippen LogP contribution in [0.5, 0.6) is 0 Å². The monoisotopic (exact) mass is 578 g/mol. The molecule has 3 heterocycles. The minimum Gasteiger partial charge on any atom is -0.317 e. The van der Waals surface area contributed by atoms with Crippen LogP contribution in [-0.4, -0.2) is 19.1 Å². The molecule has 45 heavy (non-hydrogen) atoms. The summed E-state index contributed by atoms with van der Waals surface area (Å²) in [6, 6.07) is 32.1. The molecule has 4 aromatic carbocycles. The molecule has 0 spiro atoms. The highest BCUT2D eigenvalue weighted by molar-refractivity contribution is 6.15. The van der Waals surface area contributed by atoms with Gasteiger partial charge in [0.25, 0.3) is 0 Å². The van der Waals surface area contributed by atoms with Crippen molar-refractivity contribution in [2.45, 2.75) is 19.8 Å². The van der Waals surface area contributed by atoms with E-state index in [4.69, 9.17) is 16.4 Å². The summed E-state index contributed by atoms with van der Waals surface area (Å²) < 4.78 is 4.55. The molecule has 0 atom stereocenters. The second kappa shape index (κ2) is 11.0. The Bertz CT molecular complexity index is 2440. The van der Waals surface area contributed by atoms with Gasteiger partial charge in [0.2, 0.25) is 0 Å². The minimum absolute atomic E-state index is 0.721. The Hall–Kier alpha value is -5.92. The van der Waals surface area contributed by atoms with Crippen LogP contribution in [0.3, 0.4) is 0 Å². The third-order valence-corrected chi connectivity index (χ3v) is 8.64. The van der Waals surface area contributed by atoms with Gasteiger partial charge in [-0.15, -0.1) is 6.42 Å². The van der Waals surface area contributed by atoms with Crippen LogP contribution in [0.1, 0.15) is 25.5 Å². The number of fused-ring (bicyclic) bond motifs is 5. The molecule has 0 saturated carbocycles. The second-order valence-corrected chi connectivity index (χ2v) is 11.3. The molecule has 3 aromatic heterocycles. The van der Waals surface area contributed by atoms with E-state index in [9.17, 15) is 0 Å². The molecule has 0 N–H and O–H groups in total. The molecule has 0 amide bonds. The van der Waals surface area contributed by atoms with Gasteiger partial charge in [0.05, 0.1) is 27.8 Å². The summed E-state index contributed by atoms with van der Waals surface area (Å²) in [5, 5.41) is 4.53. The predicted molar refractivity (Wildman–Crippen MR) is 189 cm³/mol. The summed E-state index contributed by atoms with van der Waals surface area (Å²) in [6.07, 6.45) is 22.4. The van der Waals surface area contributed by atoms with Crippen LogP contribution in [0.25, 0.3) is 72.0 Å². The predicted octanol–water partition coefficient (Wildman–Crippen LogP) is 10.1. The molecule has 0 saturated heterocycles. The van der Waals surface area contributed by atoms with Gasteiger partial charge in [-0.25, -0.2) is 9.97 Å². The van der Waals surface area contributed by atoms with Crippen LogP contribution in [0, 0.1) is 12.3 Å². The van der Waals surface area contributed by atoms with Crippen molar-refractivity contribution < 1.29 is 0 Å². The van der Waals surface area contributed by atoms with Crippen molar-refractivity contribution in [3.8, 4) is 29.4 Å². The quantitative estimate of drug-likeness (QED) is 0.150. The van der Waals surface area contributed by atoms with Gasteiger partial charge in [-0.05, 0) is 92.1 Å². The zero-order valence-electron chi connectivity index (χ0n) is 25.0. The first-order valence-corrected chi connectivity index (χ1v) is 15.3. The molecule has 7 aromatic rings. The number of nitrogens with zero attached hydrogens (tertiary/aromatic N) is 4. The maximum absolute atomic E-state index is 5.63. The molecule has 8 rings (SSSR count). The van der Waals surface area contributed by atoms with Crippen molar-refractivity contribution in [3.05, 3.63) is 139 Å². The third-order valence-electron chi connectivity index (χ3n) is 8.64. The minimum atomic E-state index is 0.721. The lowest BCUT2D eigenvalue weighted by Crippen LogP contribution is -1.98. The van der Waals surface area contributed by atoms with E-state index in [2.05, 4.69) is 124 Å². The SMILES string of the molecule is C#C/C=C\C(=C/C)n1c2ccc(-c3nc(C4=CCCC=C4)c4ccccc4n3)cc2c2cc3c(ccn3-c3ccccc3)cc21. The standard InChI is InChI=1S/C41H30N4/c1-3-5-16-31(4-2)45-37-22-21-30(41-42-36-20-13-12-19-33(36)40(43-41)28-14-8-6-9-15-28)25-34(37)35-27-38-29(26-39(35)45)23-24-44(38)32-17-10-7-11-18-32/h1,4-5,7-8,10-27H,6,9H2,2H3/b16-5-,31-4+. The van der Waals surface area contributed by atoms with Crippen molar-refractivity contribution in [2.24, 2.45) is 0 Å². The number of benzene rings is 4. The number of allylic oxidation sites excluding steroid dienone is 8. The van der Waals surface area contributed by atoms with E-state index >= 15 is 0 Å². The van der Waals surface area contributed by atoms with Crippen molar-refractivity contribution >= 4 is 54.9 Å². The Morgan fingerprint density at radius 2 is 1.67 bits per heavy atom. The Balaban J connectivity index is 1.40. The van der Waals surface area contributed by atoms with Gasteiger partial charge in [-0.1, -0.05) is 66.6 Å². The maximum atomic E-state index is 5.63. The van der Waals surface area contributed by atoms with Crippen LogP contribution in [0.2, 0.25) is 0 Å². The van der Waals surface area contributed by atoms with Gasteiger partial charge < -0.3 is 9.13 Å². The van der Waals surface area contributed by atoms with Crippen LogP contribution in [-0.2, 0) is 0 Å². The summed E-state index contributed by atoms with van der Waals surface area (Å²) in [5.41, 5.74) is 9.57. The Morgan fingerprint density at radius 3 is 2.49 bits per heavy atom. The molecule has 1 aliphatic rings. The molecular weight excluding hydrogens is 548 g/mol. The number of terminal acetylenes is 1. The molecule has 1 aliphatic carbocycles. The van der Waals surface area contributed by atoms with Crippen LogP contribution >= 0.6 is 0 Å². The molecule has 0 bridgehead atoms. The van der Waals surface area contributed by atoms with Crippen molar-refractivity contribution in [1.29, 1.82) is 0 Å². The van der Waals surface area contributed by atoms with Gasteiger partial charge in [0.15, 0.2) is 5.82 Å². The molecule has 0 aliphatic heterocycles. The zero-order chi connectivity index (χ0) is 30.3. The smallest absolute Gasteiger partial charge is 0.160 e. The Labute approximate surface area is 262 Å². The normalized spacial score (nSPS) is 13.8. The van der Waals surface area contributed by atoms with Crippen LogP contribution < -0.4 is 0 Å². The first-order chi connectivity index (χ1) is 22.2. The largest absolute Gasteiger partial charge is 0.317 e. The average Bonchev–Trinajstić information content (AvgIpc) is 3.66. The molecular formula is C41H30N4. The van der Waals surface area contributed by atoms with Gasteiger partial charge in [-0.3, -0.25) is 0 Å². The zero-order valence-corrected chi connectivity index (χ0v) is 25.0. The lowest BCUT2D eigenvalue weighted by atomic mass is 10.0. The average molecular weight is 579 g/mol. The van der Waals surface area contributed by atoms with E-state index in [0.717, 1.165) is 85.1 Å². The molecule has 0 radical (unpaired) electrons. The summed E-state index contributed by atoms with van der Waals surface area (Å²) in [5.74, 6) is 3.38. The maximum Gasteiger partial charge on any atom is 0.160 e. The third kappa shape index (κ3) is 4.49. The molecule has 0 fully saturated rings. The summed E-state index contributed by atoms with van der Waals surface area (Å²) in [6.45, 7) is 2.05. The van der Waals surface area contributed by atoms with E-state index in [-0.39, 0.29) is 0 Å². The lowest BCUT2D eigenvalue weighted by Gasteiger charge is -2.12. The summed E-state index contributed by atoms with van der Waals surface area (Å²) >= 11 is 0. The number of aromatic nitrogens is 4. The summed E-state index contributed by atoms with van der Waals surface area (Å²) in [4.78, 5) is 10.3. The second-order valence-electron chi connectivity index (χ2n) is 11.3. The first-order valence-electron chi connectivity index (χ1n) is 15.3. The van der Waals surface area contributed by atoms with Crippen molar-refractivity contribution in [1.82, 2.24) is 19.1 Å². The summed E-state index contributed by atoms with van der Waals surface area (Å²) in [7, 11) is 0. The van der Waals surface area contributed by atoms with Gasteiger partial charge >= 0.3 is 0 Å². The number of hydrogen-bond acceptors (Lipinski definition) is 2. The molecule has 214 valence electrons. The van der Waals surface area contributed by atoms with Crippen molar-refractivity contribution in [3.63, 3.8) is 0 Å². The van der Waals surface area contributed by atoms with E-state index in [1.54, 1.807) is 6.08 Å². The molecule has 4 nitrogen and oxygen atoms in total. The fraction of sp³-hybridized carbons (Fsp3) is 0.0732. The number of para-hydroxylation sites is 2. The molecule has 4 heteroatoms. The van der Waals surface area contributed by atoms with Crippen molar-refractivity contribution in [2.75, 3.05) is 0 Å². The van der Waals surface area contributed by atoms with E-state index in [1.807, 2.05) is 25.1 Å². The Morgan fingerprint density at radius 1 is 0.822 bits per heavy atom. The number of hydrogen-bond donors (Lipinski definition) is 0. The highest BCUT2D eigenvalue weighted by atomic mass is 15.0. The van der Waals surface area contributed by atoms with E-state index < -0.39 is 0 Å². The van der Waals surface area contributed by atoms with Gasteiger partial charge in [0.1, 0.15) is 0 Å². The highest BCUT2D eigenvalue weighted by Crippen LogP contribution is 2.38. The highest BCUT2D eigenvalue weighted by Gasteiger charge is 2.18. The first kappa shape index (κ1) is 26.7. The topological polar surface area (TPSA) is 35.6 Å². The van der Waals surface area contributed by atoms with E-state index in [1.165, 1.54) is 5.39 Å². The van der Waals surface area contributed by atoms with Gasteiger partial charge in [-0.2, -0.15) is 0 Å². The Kier molecular flexibility index (Phi) is 6.51. The van der Waals surface area contributed by atoms with Crippen LogP contribution in [0.4, 0.5) is 0 Å². The fourth-order valence-electron chi connectivity index (χ4n) is 6.53.